The largest absolute Gasteiger partial charge is 0.481 e. The lowest BCUT2D eigenvalue weighted by molar-refractivity contribution is -0.118. The molecule has 0 spiro atoms. The average molecular weight is 1000 g/mol. The molecule has 0 saturated heterocycles. The topological polar surface area (TPSA) is 193 Å². The van der Waals surface area contributed by atoms with Crippen molar-refractivity contribution >= 4 is 42.8 Å². The van der Waals surface area contributed by atoms with Crippen molar-refractivity contribution in [2.24, 2.45) is 5.14 Å². The molecule has 14 nitrogen and oxygen atoms in total. The summed E-state index contributed by atoms with van der Waals surface area (Å²) in [6, 6.07) is 24.2. The summed E-state index contributed by atoms with van der Waals surface area (Å²) in [6.45, 7) is 21.4. The third kappa shape index (κ3) is 15.7. The van der Waals surface area contributed by atoms with Gasteiger partial charge in [0, 0.05) is 42.1 Å². The minimum Gasteiger partial charge on any atom is -0.481 e. The number of aromatic nitrogens is 2. The van der Waals surface area contributed by atoms with Gasteiger partial charge in [-0.3, -0.25) is 9.59 Å². The summed E-state index contributed by atoms with van der Waals surface area (Å²) in [5.41, 5.74) is 6.23. The molecule has 6 rings (SSSR count). The van der Waals surface area contributed by atoms with Crippen LogP contribution in [-0.4, -0.2) is 52.2 Å². The number of halogens is 3. The Hall–Kier alpha value is -7.09. The van der Waals surface area contributed by atoms with Gasteiger partial charge in [-0.25, -0.2) is 58.6 Å². The first-order chi connectivity index (χ1) is 32.6. The van der Waals surface area contributed by atoms with E-state index in [1.807, 2.05) is 27.7 Å². The molecule has 0 aliphatic rings. The van der Waals surface area contributed by atoms with Crippen LogP contribution in [0.4, 0.5) is 8.78 Å². The Labute approximate surface area is 406 Å². The first-order valence-corrected chi connectivity index (χ1v) is 24.3. The Morgan fingerprint density at radius 3 is 1.52 bits per heavy atom. The highest BCUT2D eigenvalue weighted by Gasteiger charge is 2.23. The molecular weight excluding hydrogens is 950 g/mol. The summed E-state index contributed by atoms with van der Waals surface area (Å²) >= 11 is 5.58. The molecule has 0 fully saturated rings. The number of pyridine rings is 2. The number of nitrogens with one attached hydrogen (secondary N) is 1. The molecular formula is C50H49ClF2N6O8S2. The van der Waals surface area contributed by atoms with Crippen LogP contribution in [0.5, 0.6) is 11.8 Å². The number of methoxy groups -OCH3 is 2. The number of sulfonamides is 2. The maximum atomic E-state index is 14.5. The smallest absolute Gasteiger partial charge is 0.264 e. The van der Waals surface area contributed by atoms with E-state index in [4.69, 9.17) is 39.4 Å². The fourth-order valence-corrected chi connectivity index (χ4v) is 8.76. The molecule has 69 heavy (non-hydrogen) atoms. The summed E-state index contributed by atoms with van der Waals surface area (Å²) in [5.74, 6) is -0.872. The van der Waals surface area contributed by atoms with Crippen LogP contribution < -0.4 is 19.3 Å². The van der Waals surface area contributed by atoms with Crippen molar-refractivity contribution in [1.82, 2.24) is 14.7 Å². The van der Waals surface area contributed by atoms with Gasteiger partial charge in [-0.15, -0.1) is 0 Å². The molecule has 1 amide bonds. The second-order valence-corrected chi connectivity index (χ2v) is 19.4. The molecule has 0 radical (unpaired) electrons. The highest BCUT2D eigenvalue weighted by atomic mass is 35.5. The number of primary sulfonamides is 1. The number of ether oxygens (including phenoxy) is 2. The highest BCUT2D eigenvalue weighted by molar-refractivity contribution is 7.90. The molecule has 0 aliphatic carbocycles. The Balaban J connectivity index is 0.000000252. The van der Waals surface area contributed by atoms with Gasteiger partial charge in [0.15, 0.2) is 0 Å². The molecule has 3 N–H and O–H groups in total. The minimum absolute atomic E-state index is 0.0311. The predicted octanol–water partition coefficient (Wildman–Crippen LogP) is 9.57. The van der Waals surface area contributed by atoms with Gasteiger partial charge in [-0.1, -0.05) is 52.0 Å². The highest BCUT2D eigenvalue weighted by Crippen LogP contribution is 2.35. The van der Waals surface area contributed by atoms with E-state index in [0.717, 1.165) is 16.7 Å². The van der Waals surface area contributed by atoms with Crippen LogP contribution in [0.15, 0.2) is 119 Å². The first kappa shape index (κ1) is 54.5. The Morgan fingerprint density at radius 2 is 1.12 bits per heavy atom. The summed E-state index contributed by atoms with van der Waals surface area (Å²) in [4.78, 5) is 38.8. The fourth-order valence-electron chi connectivity index (χ4n) is 6.99. The lowest BCUT2D eigenvalue weighted by Crippen LogP contribution is -2.32. The average Bonchev–Trinajstić information content (AvgIpc) is 3.30. The lowest BCUT2D eigenvalue weighted by atomic mass is 9.88. The summed E-state index contributed by atoms with van der Waals surface area (Å²) in [7, 11) is -4.83. The van der Waals surface area contributed by atoms with Crippen LogP contribution in [0.25, 0.3) is 31.9 Å². The van der Waals surface area contributed by atoms with Crippen LogP contribution in [0.2, 0.25) is 0 Å². The van der Waals surface area contributed by atoms with Gasteiger partial charge in [-0.05, 0) is 129 Å². The number of nitrogens with two attached hydrogens (primary N) is 1. The van der Waals surface area contributed by atoms with Crippen molar-refractivity contribution < 1.29 is 44.7 Å². The van der Waals surface area contributed by atoms with Crippen molar-refractivity contribution in [1.29, 1.82) is 0 Å². The number of hydrogen-bond acceptors (Lipinski definition) is 10. The van der Waals surface area contributed by atoms with Gasteiger partial charge in [0.05, 0.1) is 30.4 Å². The number of hydrogen-bond donors (Lipinski definition) is 2. The van der Waals surface area contributed by atoms with Crippen LogP contribution >= 0.6 is 11.6 Å². The monoisotopic (exact) mass is 998 g/mol. The lowest BCUT2D eigenvalue weighted by Gasteiger charge is -2.18. The molecule has 360 valence electrons. The van der Waals surface area contributed by atoms with Crippen molar-refractivity contribution in [3.05, 3.63) is 177 Å². The number of carbonyl (C=O) groups excluding carboxylic acids is 2. The van der Waals surface area contributed by atoms with Crippen molar-refractivity contribution in [3.8, 4) is 34.0 Å². The fraction of sp³-hybridized carbons (Fsp3) is 0.240. The number of rotatable bonds is 15. The van der Waals surface area contributed by atoms with Crippen molar-refractivity contribution in [2.75, 3.05) is 14.2 Å². The molecule has 6 aromatic rings. The third-order valence-electron chi connectivity index (χ3n) is 10.1. The molecule has 0 bridgehead atoms. The molecule has 0 saturated carbocycles. The molecule has 0 aliphatic heterocycles. The third-order valence-corrected chi connectivity index (χ3v) is 12.5. The van der Waals surface area contributed by atoms with Gasteiger partial charge in [0.2, 0.25) is 46.0 Å². The predicted molar refractivity (Wildman–Crippen MR) is 259 cm³/mol. The maximum absolute atomic E-state index is 14.5. The summed E-state index contributed by atoms with van der Waals surface area (Å²) < 4.78 is 88.3. The van der Waals surface area contributed by atoms with Crippen molar-refractivity contribution in [2.45, 2.75) is 75.3 Å². The van der Waals surface area contributed by atoms with E-state index >= 15 is 0 Å². The zero-order chi connectivity index (χ0) is 51.1. The SMILES string of the molecule is COc1cc(-c2cc(F)cc(C(C)C)c2CC(=O)Cl)ccn1.[C-]#[N+]Cc1cccc(S(=O)(=O)NC(=O)Cc2c(-c3ccnc(OC)c3)cc(F)cc2C(C)C)c1.[C-]#[N+]Cc1cccc(S(N)(=O)=O)c1. The molecule has 0 atom stereocenters. The van der Waals surface area contributed by atoms with Crippen LogP contribution in [0, 0.1) is 24.8 Å². The Morgan fingerprint density at radius 1 is 0.681 bits per heavy atom. The van der Waals surface area contributed by atoms with Gasteiger partial charge in [-0.2, -0.15) is 0 Å². The van der Waals surface area contributed by atoms with E-state index in [9.17, 15) is 35.2 Å². The Bertz CT molecular complexity index is 3140. The second-order valence-electron chi connectivity index (χ2n) is 15.7. The standard InChI is InChI=1S/C25H24FN3O4S.C17H17ClFNO2.C8H8N2O2S/c1-16(2)21-12-19(26)13-22(18-8-9-28-25(11-18)33-4)23(21)14-24(30)29-34(31,32)20-7-5-6-17(10-20)15-27-3;1-10(2)13-7-12(19)8-14(15(13)9-16(18)21)11-4-5-20-17(6-11)22-3;1-10-6-7-3-2-4-8(5-7)13(9,11)12/h5-13,16H,14-15H2,1-2,4H3,(H,29,30);4-8,10H,9H2,1-3H3;2-5H,6H2,(H2,9,11,12). The van der Waals surface area contributed by atoms with E-state index in [0.29, 0.717) is 50.7 Å². The van der Waals surface area contributed by atoms with Gasteiger partial charge in [0.25, 0.3) is 10.0 Å². The number of carbonyl (C=O) groups is 2. The molecule has 0 unspecified atom stereocenters. The molecule has 19 heteroatoms. The molecule has 4 aromatic carbocycles. The summed E-state index contributed by atoms with van der Waals surface area (Å²) in [5, 5.41) is 4.44. The number of amides is 1. The second kappa shape index (κ2) is 24.8. The molecule has 2 heterocycles. The summed E-state index contributed by atoms with van der Waals surface area (Å²) in [6.07, 6.45) is 2.86. The molecule has 2 aromatic heterocycles. The van der Waals surface area contributed by atoms with Crippen LogP contribution in [0.3, 0.4) is 0 Å². The first-order valence-electron chi connectivity index (χ1n) is 20.9. The van der Waals surface area contributed by atoms with E-state index in [1.165, 1.54) is 75.0 Å². The van der Waals surface area contributed by atoms with Crippen LogP contribution in [0.1, 0.15) is 72.9 Å². The quantitative estimate of drug-likeness (QED) is 0.0739. The van der Waals surface area contributed by atoms with Crippen LogP contribution in [-0.2, 0) is 55.6 Å². The van der Waals surface area contributed by atoms with Gasteiger partial charge >= 0.3 is 0 Å². The van der Waals surface area contributed by atoms with E-state index < -0.39 is 37.0 Å². The Kier molecular flexibility index (Phi) is 19.6. The van der Waals surface area contributed by atoms with Gasteiger partial charge in [0.1, 0.15) is 11.6 Å². The van der Waals surface area contributed by atoms with Crippen molar-refractivity contribution in [3.63, 3.8) is 0 Å². The van der Waals surface area contributed by atoms with E-state index in [2.05, 4.69) is 24.4 Å². The van der Waals surface area contributed by atoms with E-state index in [-0.39, 0.29) is 53.4 Å². The zero-order valence-corrected chi connectivity index (χ0v) is 40.8. The maximum Gasteiger partial charge on any atom is 0.264 e. The van der Waals surface area contributed by atoms with Gasteiger partial charge < -0.3 is 19.2 Å². The minimum atomic E-state index is -4.16. The number of nitrogens with zero attached hydrogens (tertiary/aromatic N) is 4. The number of benzene rings is 4. The zero-order valence-electron chi connectivity index (χ0n) is 38.5. The normalized spacial score (nSPS) is 11.0. The van der Waals surface area contributed by atoms with E-state index in [1.54, 1.807) is 48.7 Å².